The van der Waals surface area contributed by atoms with Crippen LogP contribution in [0.1, 0.15) is 48.8 Å². The van der Waals surface area contributed by atoms with Gasteiger partial charge in [0.2, 0.25) is 0 Å². The minimum Gasteiger partial charge on any atom is -0.376 e. The van der Waals surface area contributed by atoms with Gasteiger partial charge in [0, 0.05) is 24.2 Å². The Morgan fingerprint density at radius 3 is 2.92 bits per heavy atom. The van der Waals surface area contributed by atoms with E-state index in [1.807, 2.05) is 27.2 Å². The SMILES string of the molecule is CC(C)(C)n1cc(C(=O)N(Cc2cccs2)C[C@@H]2CCCO2)cn1. The third kappa shape index (κ3) is 4.05. The van der Waals surface area contributed by atoms with Crippen molar-refractivity contribution in [3.63, 3.8) is 0 Å². The van der Waals surface area contributed by atoms with Crippen molar-refractivity contribution in [2.75, 3.05) is 13.2 Å². The molecule has 1 aliphatic heterocycles. The minimum absolute atomic E-state index is 0.0226. The minimum atomic E-state index is -0.133. The standard InChI is InChI=1S/C18H25N3O2S/c1-18(2,3)21-11-14(10-19-21)17(22)20(12-15-6-4-8-23-15)13-16-7-5-9-24-16/h5,7,9-11,15H,4,6,8,12-13H2,1-3H3/t15-/m0/s1. The molecule has 2 aromatic rings. The molecule has 0 spiro atoms. The Balaban J connectivity index is 1.77. The summed E-state index contributed by atoms with van der Waals surface area (Å²) in [6.45, 7) is 8.28. The second-order valence-corrected chi connectivity index (χ2v) is 8.28. The monoisotopic (exact) mass is 347 g/mol. The van der Waals surface area contributed by atoms with Gasteiger partial charge in [-0.15, -0.1) is 11.3 Å². The quantitative estimate of drug-likeness (QED) is 0.831. The van der Waals surface area contributed by atoms with E-state index in [0.29, 0.717) is 18.7 Å². The van der Waals surface area contributed by atoms with Gasteiger partial charge < -0.3 is 9.64 Å². The summed E-state index contributed by atoms with van der Waals surface area (Å²) >= 11 is 1.68. The molecule has 0 radical (unpaired) electrons. The number of nitrogens with zero attached hydrogens (tertiary/aromatic N) is 3. The van der Waals surface area contributed by atoms with E-state index in [2.05, 4.69) is 31.9 Å². The molecule has 3 rings (SSSR count). The van der Waals surface area contributed by atoms with E-state index >= 15 is 0 Å². The average Bonchev–Trinajstić information content (AvgIpc) is 3.27. The van der Waals surface area contributed by atoms with Gasteiger partial charge in [0.05, 0.1) is 29.9 Å². The van der Waals surface area contributed by atoms with Crippen molar-refractivity contribution < 1.29 is 9.53 Å². The van der Waals surface area contributed by atoms with Gasteiger partial charge in [-0.3, -0.25) is 9.48 Å². The summed E-state index contributed by atoms with van der Waals surface area (Å²) in [4.78, 5) is 16.1. The summed E-state index contributed by atoms with van der Waals surface area (Å²) in [5, 5.41) is 6.40. The van der Waals surface area contributed by atoms with Crippen LogP contribution in [0.25, 0.3) is 0 Å². The van der Waals surface area contributed by atoms with E-state index in [4.69, 9.17) is 4.74 Å². The summed E-state index contributed by atoms with van der Waals surface area (Å²) in [6, 6.07) is 4.09. The van der Waals surface area contributed by atoms with Crippen LogP contribution in [0.3, 0.4) is 0 Å². The van der Waals surface area contributed by atoms with E-state index in [1.165, 1.54) is 4.88 Å². The number of carbonyl (C=O) groups is 1. The maximum atomic E-state index is 13.0. The van der Waals surface area contributed by atoms with Crippen LogP contribution in [0.2, 0.25) is 0 Å². The molecule has 1 fully saturated rings. The molecule has 0 unspecified atom stereocenters. The predicted octanol–water partition coefficient (Wildman–Crippen LogP) is 3.52. The van der Waals surface area contributed by atoms with E-state index in [1.54, 1.807) is 17.5 Å². The first-order valence-electron chi connectivity index (χ1n) is 8.42. The first kappa shape index (κ1) is 17.2. The lowest BCUT2D eigenvalue weighted by Crippen LogP contribution is -2.36. The molecule has 1 aliphatic rings. The maximum absolute atomic E-state index is 13.0. The van der Waals surface area contributed by atoms with Gasteiger partial charge in [0.1, 0.15) is 0 Å². The Hall–Kier alpha value is -1.66. The highest BCUT2D eigenvalue weighted by molar-refractivity contribution is 7.09. The van der Waals surface area contributed by atoms with Gasteiger partial charge in [-0.2, -0.15) is 5.10 Å². The summed E-state index contributed by atoms with van der Waals surface area (Å²) < 4.78 is 7.58. The highest BCUT2D eigenvalue weighted by atomic mass is 32.1. The second kappa shape index (κ2) is 7.07. The zero-order valence-electron chi connectivity index (χ0n) is 14.6. The van der Waals surface area contributed by atoms with Gasteiger partial charge in [0.15, 0.2) is 0 Å². The number of rotatable bonds is 5. The third-order valence-corrected chi connectivity index (χ3v) is 5.04. The Morgan fingerprint density at radius 1 is 1.50 bits per heavy atom. The molecule has 5 nitrogen and oxygen atoms in total. The van der Waals surface area contributed by atoms with Crippen molar-refractivity contribution in [3.8, 4) is 0 Å². The van der Waals surface area contributed by atoms with Crippen LogP contribution >= 0.6 is 11.3 Å². The van der Waals surface area contributed by atoms with Crippen LogP contribution in [0.5, 0.6) is 0 Å². The van der Waals surface area contributed by atoms with Gasteiger partial charge in [-0.05, 0) is 45.1 Å². The van der Waals surface area contributed by atoms with Crippen LogP contribution in [0, 0.1) is 0 Å². The molecule has 3 heterocycles. The van der Waals surface area contributed by atoms with Crippen LogP contribution < -0.4 is 0 Å². The molecule has 2 aromatic heterocycles. The number of ether oxygens (including phenoxy) is 1. The van der Waals surface area contributed by atoms with E-state index in [0.717, 1.165) is 19.4 Å². The molecule has 0 aromatic carbocycles. The number of hydrogen-bond donors (Lipinski definition) is 0. The Labute approximate surface area is 147 Å². The fourth-order valence-corrected chi connectivity index (χ4v) is 3.55. The molecule has 0 aliphatic carbocycles. The molecule has 24 heavy (non-hydrogen) atoms. The van der Waals surface area contributed by atoms with Crippen LogP contribution in [-0.2, 0) is 16.8 Å². The van der Waals surface area contributed by atoms with Crippen LogP contribution in [0.4, 0.5) is 0 Å². The number of carbonyl (C=O) groups excluding carboxylic acids is 1. The number of hydrogen-bond acceptors (Lipinski definition) is 4. The van der Waals surface area contributed by atoms with E-state index < -0.39 is 0 Å². The highest BCUT2D eigenvalue weighted by Gasteiger charge is 2.25. The molecule has 1 saturated heterocycles. The van der Waals surface area contributed by atoms with Crippen molar-refractivity contribution in [3.05, 3.63) is 40.3 Å². The molecule has 130 valence electrons. The van der Waals surface area contributed by atoms with Crippen molar-refractivity contribution >= 4 is 17.2 Å². The molecule has 0 N–H and O–H groups in total. The van der Waals surface area contributed by atoms with Gasteiger partial charge in [0.25, 0.3) is 5.91 Å². The normalized spacial score (nSPS) is 18.0. The third-order valence-electron chi connectivity index (χ3n) is 4.18. The van der Waals surface area contributed by atoms with Crippen molar-refractivity contribution in [1.29, 1.82) is 0 Å². The van der Waals surface area contributed by atoms with Crippen LogP contribution in [0.15, 0.2) is 29.9 Å². The largest absolute Gasteiger partial charge is 0.376 e. The van der Waals surface area contributed by atoms with Crippen molar-refractivity contribution in [2.24, 2.45) is 0 Å². The Bertz CT molecular complexity index is 667. The topological polar surface area (TPSA) is 47.4 Å². The first-order valence-corrected chi connectivity index (χ1v) is 9.30. The number of amides is 1. The zero-order chi connectivity index (χ0) is 17.2. The molecular formula is C18H25N3O2S. The molecule has 0 saturated carbocycles. The van der Waals surface area contributed by atoms with E-state index in [-0.39, 0.29) is 17.6 Å². The van der Waals surface area contributed by atoms with Gasteiger partial charge >= 0.3 is 0 Å². The smallest absolute Gasteiger partial charge is 0.257 e. The van der Waals surface area contributed by atoms with Crippen molar-refractivity contribution in [2.45, 2.75) is 51.8 Å². The lowest BCUT2D eigenvalue weighted by molar-refractivity contribution is 0.0509. The highest BCUT2D eigenvalue weighted by Crippen LogP contribution is 2.20. The zero-order valence-corrected chi connectivity index (χ0v) is 15.4. The van der Waals surface area contributed by atoms with Gasteiger partial charge in [-0.1, -0.05) is 6.07 Å². The van der Waals surface area contributed by atoms with E-state index in [9.17, 15) is 4.79 Å². The Morgan fingerprint density at radius 2 is 2.33 bits per heavy atom. The molecule has 0 bridgehead atoms. The number of aromatic nitrogens is 2. The molecular weight excluding hydrogens is 322 g/mol. The predicted molar refractivity (Wildman–Crippen MR) is 95.3 cm³/mol. The summed E-state index contributed by atoms with van der Waals surface area (Å²) in [7, 11) is 0. The Kier molecular flexibility index (Phi) is 5.06. The summed E-state index contributed by atoms with van der Waals surface area (Å²) in [5.41, 5.74) is 0.505. The van der Waals surface area contributed by atoms with Crippen molar-refractivity contribution in [1.82, 2.24) is 14.7 Å². The van der Waals surface area contributed by atoms with Crippen LogP contribution in [-0.4, -0.2) is 39.8 Å². The lowest BCUT2D eigenvalue weighted by Gasteiger charge is -2.24. The fourth-order valence-electron chi connectivity index (χ4n) is 2.83. The molecule has 1 amide bonds. The average molecular weight is 347 g/mol. The first-order chi connectivity index (χ1) is 11.4. The number of thiophene rings is 1. The second-order valence-electron chi connectivity index (χ2n) is 7.24. The lowest BCUT2D eigenvalue weighted by atomic mass is 10.1. The summed E-state index contributed by atoms with van der Waals surface area (Å²) in [6.07, 6.45) is 5.76. The molecule has 6 heteroatoms. The maximum Gasteiger partial charge on any atom is 0.257 e. The van der Waals surface area contributed by atoms with Gasteiger partial charge in [-0.25, -0.2) is 0 Å². The fraction of sp³-hybridized carbons (Fsp3) is 0.556. The summed E-state index contributed by atoms with van der Waals surface area (Å²) in [5.74, 6) is 0.0226. The molecule has 1 atom stereocenters.